The van der Waals surface area contributed by atoms with Gasteiger partial charge < -0.3 is 5.32 Å². The highest BCUT2D eigenvalue weighted by molar-refractivity contribution is 7.87. The lowest BCUT2D eigenvalue weighted by Gasteiger charge is -2.34. The number of nitrogens with zero attached hydrogens (tertiary/aromatic N) is 1. The second kappa shape index (κ2) is 7.20. The smallest absolute Gasteiger partial charge is 0.280 e. The fourth-order valence-electron chi connectivity index (χ4n) is 3.04. The van der Waals surface area contributed by atoms with Crippen LogP contribution >= 0.6 is 0 Å². The van der Waals surface area contributed by atoms with Crippen LogP contribution in [0.15, 0.2) is 0 Å². The van der Waals surface area contributed by atoms with Gasteiger partial charge in [0.25, 0.3) is 10.2 Å². The van der Waals surface area contributed by atoms with Gasteiger partial charge in [-0.25, -0.2) is 0 Å². The minimum atomic E-state index is -3.31. The minimum Gasteiger partial charge on any atom is -0.315 e. The van der Waals surface area contributed by atoms with E-state index in [4.69, 9.17) is 0 Å². The Morgan fingerprint density at radius 3 is 2.70 bits per heavy atom. The summed E-state index contributed by atoms with van der Waals surface area (Å²) in [5.74, 6) is 0.547. The van der Waals surface area contributed by atoms with E-state index in [1.54, 1.807) is 4.31 Å². The Bertz CT molecular complexity index is 399. The van der Waals surface area contributed by atoms with Gasteiger partial charge in [0, 0.05) is 25.2 Å². The molecule has 1 heterocycles. The van der Waals surface area contributed by atoms with E-state index >= 15 is 0 Å². The largest absolute Gasteiger partial charge is 0.315 e. The molecule has 0 aromatic heterocycles. The van der Waals surface area contributed by atoms with Gasteiger partial charge in [-0.3, -0.25) is 0 Å². The Morgan fingerprint density at radius 1 is 1.25 bits per heavy atom. The molecule has 0 aromatic rings. The Hall–Kier alpha value is -0.170. The Labute approximate surface area is 123 Å². The van der Waals surface area contributed by atoms with Crippen LogP contribution in [-0.2, 0) is 10.2 Å². The van der Waals surface area contributed by atoms with Gasteiger partial charge in [-0.1, -0.05) is 26.7 Å². The van der Waals surface area contributed by atoms with E-state index in [1.807, 2.05) is 0 Å². The fourth-order valence-corrected chi connectivity index (χ4v) is 4.79. The molecule has 0 amide bonds. The monoisotopic (exact) mass is 303 g/mol. The lowest BCUT2D eigenvalue weighted by Crippen LogP contribution is -2.53. The molecule has 2 rings (SSSR count). The van der Waals surface area contributed by atoms with Crippen LogP contribution in [0.25, 0.3) is 0 Å². The molecule has 1 saturated heterocycles. The fraction of sp³-hybridized carbons (Fsp3) is 1.00. The van der Waals surface area contributed by atoms with Crippen molar-refractivity contribution < 1.29 is 8.42 Å². The molecule has 0 bridgehead atoms. The van der Waals surface area contributed by atoms with Crippen molar-refractivity contribution in [3.05, 3.63) is 0 Å². The van der Waals surface area contributed by atoms with Crippen molar-refractivity contribution in [2.45, 2.75) is 64.5 Å². The van der Waals surface area contributed by atoms with Crippen LogP contribution in [0.5, 0.6) is 0 Å². The van der Waals surface area contributed by atoms with Crippen LogP contribution in [0.4, 0.5) is 0 Å². The van der Waals surface area contributed by atoms with Crippen LogP contribution in [0, 0.1) is 5.92 Å². The number of hydrogen-bond donors (Lipinski definition) is 2. The van der Waals surface area contributed by atoms with E-state index in [0.29, 0.717) is 12.5 Å². The number of nitrogens with one attached hydrogen (secondary N) is 2. The third kappa shape index (κ3) is 4.16. The molecular weight excluding hydrogens is 274 g/mol. The molecule has 1 saturated carbocycles. The first kappa shape index (κ1) is 16.2. The van der Waals surface area contributed by atoms with E-state index in [-0.39, 0.29) is 12.1 Å². The maximum absolute atomic E-state index is 12.5. The van der Waals surface area contributed by atoms with E-state index in [0.717, 1.165) is 51.6 Å². The average molecular weight is 303 g/mol. The van der Waals surface area contributed by atoms with Gasteiger partial charge in [-0.05, 0) is 38.1 Å². The Kier molecular flexibility index (Phi) is 5.84. The van der Waals surface area contributed by atoms with Crippen molar-refractivity contribution in [1.29, 1.82) is 0 Å². The first-order valence-electron chi connectivity index (χ1n) is 8.08. The van der Waals surface area contributed by atoms with Gasteiger partial charge in [-0.15, -0.1) is 0 Å². The molecule has 1 aliphatic carbocycles. The van der Waals surface area contributed by atoms with Crippen molar-refractivity contribution in [2.75, 3.05) is 19.6 Å². The highest BCUT2D eigenvalue weighted by Gasteiger charge is 2.41. The van der Waals surface area contributed by atoms with Crippen LogP contribution < -0.4 is 10.0 Å². The molecule has 0 aromatic carbocycles. The third-order valence-electron chi connectivity index (χ3n) is 4.44. The minimum absolute atomic E-state index is 0.117. The van der Waals surface area contributed by atoms with E-state index in [2.05, 4.69) is 23.9 Å². The molecule has 2 N–H and O–H groups in total. The van der Waals surface area contributed by atoms with Crippen LogP contribution in [0.3, 0.4) is 0 Å². The zero-order valence-corrected chi connectivity index (χ0v) is 13.6. The number of hydrogen-bond acceptors (Lipinski definition) is 3. The zero-order chi connectivity index (χ0) is 14.6. The molecule has 3 unspecified atom stereocenters. The predicted molar refractivity (Wildman–Crippen MR) is 81.7 cm³/mol. The molecule has 2 aliphatic rings. The van der Waals surface area contributed by atoms with Crippen molar-refractivity contribution in [1.82, 2.24) is 14.3 Å². The van der Waals surface area contributed by atoms with Gasteiger partial charge in [0.2, 0.25) is 0 Å². The molecule has 5 nitrogen and oxygen atoms in total. The van der Waals surface area contributed by atoms with Crippen LogP contribution in [-0.4, -0.2) is 44.4 Å². The maximum Gasteiger partial charge on any atom is 0.280 e. The van der Waals surface area contributed by atoms with E-state index in [9.17, 15) is 8.42 Å². The molecular formula is C14H29N3O2S. The second-order valence-electron chi connectivity index (χ2n) is 6.10. The summed E-state index contributed by atoms with van der Waals surface area (Å²) in [7, 11) is -3.31. The summed E-state index contributed by atoms with van der Waals surface area (Å²) < 4.78 is 29.6. The lowest BCUT2D eigenvalue weighted by atomic mass is 10.1. The Balaban J connectivity index is 1.92. The standard InChI is InChI=1S/C14H29N3O2S/c1-3-8-15-11-13-7-5-6-9-17(13)20(18,19)16-14-10-12(14)4-2/h12-16H,3-11H2,1-2H3. The van der Waals surface area contributed by atoms with Crippen molar-refractivity contribution in [2.24, 2.45) is 5.92 Å². The zero-order valence-electron chi connectivity index (χ0n) is 12.8. The first-order valence-corrected chi connectivity index (χ1v) is 9.52. The molecule has 0 spiro atoms. The summed E-state index contributed by atoms with van der Waals surface area (Å²) in [5.41, 5.74) is 0. The van der Waals surface area contributed by atoms with Crippen LogP contribution in [0.2, 0.25) is 0 Å². The normalized spacial score (nSPS) is 31.4. The van der Waals surface area contributed by atoms with Gasteiger partial charge in [0.1, 0.15) is 0 Å². The Morgan fingerprint density at radius 2 is 2.05 bits per heavy atom. The third-order valence-corrected chi connectivity index (χ3v) is 6.13. The molecule has 2 fully saturated rings. The maximum atomic E-state index is 12.5. The summed E-state index contributed by atoms with van der Waals surface area (Å²) in [5, 5.41) is 3.36. The van der Waals surface area contributed by atoms with Crippen molar-refractivity contribution in [3.63, 3.8) is 0 Å². The summed E-state index contributed by atoms with van der Waals surface area (Å²) >= 11 is 0. The molecule has 1 aliphatic heterocycles. The lowest BCUT2D eigenvalue weighted by molar-refractivity contribution is 0.243. The molecule has 20 heavy (non-hydrogen) atoms. The number of rotatable bonds is 8. The summed E-state index contributed by atoms with van der Waals surface area (Å²) in [6.07, 6.45) is 6.23. The summed E-state index contributed by atoms with van der Waals surface area (Å²) in [4.78, 5) is 0. The van der Waals surface area contributed by atoms with Crippen molar-refractivity contribution >= 4 is 10.2 Å². The highest BCUT2D eigenvalue weighted by Crippen LogP contribution is 2.34. The van der Waals surface area contributed by atoms with Gasteiger partial charge in [-0.2, -0.15) is 17.4 Å². The van der Waals surface area contributed by atoms with Crippen LogP contribution in [0.1, 0.15) is 52.4 Å². The number of piperidine rings is 1. The first-order chi connectivity index (χ1) is 9.58. The highest BCUT2D eigenvalue weighted by atomic mass is 32.2. The van der Waals surface area contributed by atoms with Crippen molar-refractivity contribution in [3.8, 4) is 0 Å². The molecule has 118 valence electrons. The summed E-state index contributed by atoms with van der Waals surface area (Å²) in [6, 6.07) is 0.294. The summed E-state index contributed by atoms with van der Waals surface area (Å²) in [6.45, 7) is 6.64. The van der Waals surface area contributed by atoms with Gasteiger partial charge >= 0.3 is 0 Å². The second-order valence-corrected chi connectivity index (χ2v) is 7.75. The van der Waals surface area contributed by atoms with E-state index in [1.165, 1.54) is 0 Å². The van der Waals surface area contributed by atoms with Gasteiger partial charge in [0.15, 0.2) is 0 Å². The average Bonchev–Trinajstić information content (AvgIpc) is 3.17. The topological polar surface area (TPSA) is 61.4 Å². The SMILES string of the molecule is CCCNCC1CCCCN1S(=O)(=O)NC1CC1CC. The molecule has 6 heteroatoms. The van der Waals surface area contributed by atoms with Gasteiger partial charge in [0.05, 0.1) is 0 Å². The van der Waals surface area contributed by atoms with E-state index < -0.39 is 10.2 Å². The molecule has 0 radical (unpaired) electrons. The predicted octanol–water partition coefficient (Wildman–Crippen LogP) is 1.47. The quantitative estimate of drug-likeness (QED) is 0.668. The molecule has 3 atom stereocenters.